The summed E-state index contributed by atoms with van der Waals surface area (Å²) in [6.07, 6.45) is 3.22. The molecule has 3 rings (SSSR count). The molecule has 10 heteroatoms. The van der Waals surface area contributed by atoms with E-state index in [9.17, 15) is 14.7 Å². The third-order valence-electron chi connectivity index (χ3n) is 5.29. The van der Waals surface area contributed by atoms with Crippen LogP contribution < -0.4 is 10.6 Å². The number of aryl methyl sites for hydroxylation is 1. The number of rotatable bonds is 8. The van der Waals surface area contributed by atoms with E-state index >= 15 is 0 Å². The molecule has 0 saturated heterocycles. The number of benzene rings is 1. The highest BCUT2D eigenvalue weighted by Gasteiger charge is 2.21. The monoisotopic (exact) mass is 456 g/mol. The number of amides is 2. The van der Waals surface area contributed by atoms with Crippen LogP contribution in [0.4, 0.5) is 16.6 Å². The van der Waals surface area contributed by atoms with E-state index in [-0.39, 0.29) is 17.6 Å². The highest BCUT2D eigenvalue weighted by Crippen LogP contribution is 2.29. The molecule has 3 aromatic rings. The van der Waals surface area contributed by atoms with E-state index in [1.54, 1.807) is 40.9 Å². The van der Waals surface area contributed by atoms with Gasteiger partial charge in [-0.2, -0.15) is 5.10 Å². The van der Waals surface area contributed by atoms with Crippen LogP contribution in [0.1, 0.15) is 47.6 Å². The van der Waals surface area contributed by atoms with Gasteiger partial charge in [-0.25, -0.2) is 4.98 Å². The molecule has 1 unspecified atom stereocenters. The molecular weight excluding hydrogens is 428 g/mol. The molecule has 32 heavy (non-hydrogen) atoms. The zero-order chi connectivity index (χ0) is 23.4. The highest BCUT2D eigenvalue weighted by molar-refractivity contribution is 7.17. The summed E-state index contributed by atoms with van der Waals surface area (Å²) in [5.74, 6) is 0.360. The third kappa shape index (κ3) is 4.91. The molecule has 0 aliphatic heterocycles. The molecular formula is C22H28N6O3S. The number of aromatic nitrogens is 3. The number of phenols is 1. The van der Waals surface area contributed by atoms with Crippen molar-refractivity contribution in [3.63, 3.8) is 0 Å². The number of nitrogens with one attached hydrogen (secondary N) is 2. The van der Waals surface area contributed by atoms with Crippen LogP contribution in [0.2, 0.25) is 0 Å². The number of likely N-dealkylation sites (N-methyl/N-ethyl adjacent to an activating group) is 1. The van der Waals surface area contributed by atoms with Crippen molar-refractivity contribution in [3.05, 3.63) is 46.6 Å². The van der Waals surface area contributed by atoms with Gasteiger partial charge < -0.3 is 20.6 Å². The summed E-state index contributed by atoms with van der Waals surface area (Å²) in [5.41, 5.74) is 2.05. The molecule has 9 nitrogen and oxygen atoms in total. The number of carbonyl (C=O) groups excluding carboxylic acids is 2. The third-order valence-corrected chi connectivity index (χ3v) is 6.20. The molecule has 0 radical (unpaired) electrons. The van der Waals surface area contributed by atoms with Crippen molar-refractivity contribution in [3.8, 4) is 5.75 Å². The van der Waals surface area contributed by atoms with Crippen molar-refractivity contribution < 1.29 is 14.7 Å². The van der Waals surface area contributed by atoms with E-state index in [4.69, 9.17) is 0 Å². The van der Waals surface area contributed by atoms with Gasteiger partial charge in [0.15, 0.2) is 10.9 Å². The van der Waals surface area contributed by atoms with Gasteiger partial charge in [0.05, 0.1) is 11.9 Å². The lowest BCUT2D eigenvalue weighted by atomic mass is 10.1. The molecule has 0 fully saturated rings. The zero-order valence-corrected chi connectivity index (χ0v) is 19.7. The maximum Gasteiger partial charge on any atom is 0.267 e. The Kier molecular flexibility index (Phi) is 7.14. The fraction of sp³-hybridized carbons (Fsp3) is 0.364. The van der Waals surface area contributed by atoms with Gasteiger partial charge in [0.25, 0.3) is 5.91 Å². The average molecular weight is 457 g/mol. The number of anilines is 3. The normalized spacial score (nSPS) is 11.8. The first-order valence-electron chi connectivity index (χ1n) is 10.4. The first kappa shape index (κ1) is 23.3. The van der Waals surface area contributed by atoms with Crippen molar-refractivity contribution in [1.29, 1.82) is 0 Å². The summed E-state index contributed by atoms with van der Waals surface area (Å²) in [5, 5.41) is 20.8. The molecule has 1 atom stereocenters. The topological polar surface area (TPSA) is 112 Å². The van der Waals surface area contributed by atoms with Crippen LogP contribution in [0.15, 0.2) is 30.6 Å². The lowest BCUT2D eigenvalue weighted by Crippen LogP contribution is -2.36. The second kappa shape index (κ2) is 9.82. The molecule has 2 aromatic heterocycles. The average Bonchev–Trinajstić information content (AvgIpc) is 3.44. The van der Waals surface area contributed by atoms with Crippen LogP contribution in [0.3, 0.4) is 0 Å². The summed E-state index contributed by atoms with van der Waals surface area (Å²) in [6.45, 7) is 10.6. The van der Waals surface area contributed by atoms with Crippen molar-refractivity contribution in [2.45, 2.75) is 40.7 Å². The van der Waals surface area contributed by atoms with Gasteiger partial charge in [0.2, 0.25) is 5.91 Å². The molecule has 170 valence electrons. The number of nitrogens with zero attached hydrogens (tertiary/aromatic N) is 4. The number of aromatic hydroxyl groups is 1. The van der Waals surface area contributed by atoms with Crippen molar-refractivity contribution in [2.75, 3.05) is 23.7 Å². The van der Waals surface area contributed by atoms with E-state index in [1.165, 1.54) is 17.5 Å². The van der Waals surface area contributed by atoms with Gasteiger partial charge in [-0.15, -0.1) is 0 Å². The molecule has 0 bridgehead atoms. The number of thiazole rings is 1. The molecule has 0 aliphatic rings. The minimum Gasteiger partial charge on any atom is -0.508 e. The Bertz CT molecular complexity index is 1120. The quantitative estimate of drug-likeness (QED) is 0.471. The van der Waals surface area contributed by atoms with E-state index in [2.05, 4.69) is 20.7 Å². The van der Waals surface area contributed by atoms with Crippen molar-refractivity contribution in [2.24, 2.45) is 0 Å². The Hall–Kier alpha value is -3.40. The maximum absolute atomic E-state index is 12.7. The Morgan fingerprint density at radius 2 is 1.94 bits per heavy atom. The van der Waals surface area contributed by atoms with Gasteiger partial charge in [-0.1, -0.05) is 17.4 Å². The van der Waals surface area contributed by atoms with Crippen LogP contribution in [0.5, 0.6) is 5.75 Å². The SMILES string of the molecule is CCN(CC)C(=O)C(C)n1ccc(Nc2ncc(C(=O)Nc3c(C)ccc(O)c3C)s2)n1. The smallest absolute Gasteiger partial charge is 0.267 e. The van der Waals surface area contributed by atoms with Gasteiger partial charge in [-0.3, -0.25) is 14.3 Å². The predicted molar refractivity (Wildman–Crippen MR) is 126 cm³/mol. The fourth-order valence-electron chi connectivity index (χ4n) is 3.28. The molecule has 0 spiro atoms. The van der Waals surface area contributed by atoms with Crippen molar-refractivity contribution >= 4 is 39.8 Å². The second-order valence-electron chi connectivity index (χ2n) is 7.38. The molecule has 2 heterocycles. The van der Waals surface area contributed by atoms with Crippen LogP contribution in [-0.4, -0.2) is 49.7 Å². The molecule has 0 saturated carbocycles. The lowest BCUT2D eigenvalue weighted by molar-refractivity contribution is -0.134. The van der Waals surface area contributed by atoms with Gasteiger partial charge in [0, 0.05) is 30.9 Å². The van der Waals surface area contributed by atoms with Gasteiger partial charge in [-0.05, 0) is 46.2 Å². The predicted octanol–water partition coefficient (Wildman–Crippen LogP) is 4.09. The molecule has 3 N–H and O–H groups in total. The van der Waals surface area contributed by atoms with E-state index < -0.39 is 6.04 Å². The molecule has 2 amide bonds. The summed E-state index contributed by atoms with van der Waals surface area (Å²) in [7, 11) is 0. The lowest BCUT2D eigenvalue weighted by Gasteiger charge is -2.22. The zero-order valence-electron chi connectivity index (χ0n) is 18.8. The Morgan fingerprint density at radius 3 is 2.62 bits per heavy atom. The number of hydrogen-bond acceptors (Lipinski definition) is 7. The largest absolute Gasteiger partial charge is 0.508 e. The summed E-state index contributed by atoms with van der Waals surface area (Å²) >= 11 is 1.19. The summed E-state index contributed by atoms with van der Waals surface area (Å²) in [4.78, 5) is 31.7. The van der Waals surface area contributed by atoms with Crippen LogP contribution >= 0.6 is 11.3 Å². The van der Waals surface area contributed by atoms with Gasteiger partial charge >= 0.3 is 0 Å². The Balaban J connectivity index is 1.68. The molecule has 1 aromatic carbocycles. The van der Waals surface area contributed by atoms with Crippen LogP contribution in [-0.2, 0) is 4.79 Å². The Labute approximate surface area is 191 Å². The number of hydrogen-bond donors (Lipinski definition) is 3. The highest BCUT2D eigenvalue weighted by atomic mass is 32.1. The number of phenolic OH excluding ortho intramolecular Hbond substituents is 1. The standard InChI is InChI=1S/C22H28N6O3S/c1-6-27(7-2)21(31)15(5)28-11-10-18(26-28)24-22-23-12-17(32-22)20(30)25-19-13(3)8-9-16(29)14(19)4/h8-12,15,29H,6-7H2,1-5H3,(H,25,30)(H,23,24,26). The van der Waals surface area contributed by atoms with E-state index in [1.807, 2.05) is 27.7 Å². The summed E-state index contributed by atoms with van der Waals surface area (Å²) < 4.78 is 1.61. The minimum absolute atomic E-state index is 0.00962. The fourth-order valence-corrected chi connectivity index (χ4v) is 4.00. The summed E-state index contributed by atoms with van der Waals surface area (Å²) in [6, 6.07) is 4.69. The Morgan fingerprint density at radius 1 is 1.22 bits per heavy atom. The van der Waals surface area contributed by atoms with Crippen LogP contribution in [0.25, 0.3) is 0 Å². The van der Waals surface area contributed by atoms with Gasteiger partial charge in [0.1, 0.15) is 16.7 Å². The second-order valence-corrected chi connectivity index (χ2v) is 8.41. The van der Waals surface area contributed by atoms with E-state index in [0.29, 0.717) is 40.2 Å². The van der Waals surface area contributed by atoms with E-state index in [0.717, 1.165) is 5.56 Å². The minimum atomic E-state index is -0.420. The molecule has 0 aliphatic carbocycles. The first-order chi connectivity index (χ1) is 15.2. The maximum atomic E-state index is 12.7. The first-order valence-corrected chi connectivity index (χ1v) is 11.2. The van der Waals surface area contributed by atoms with Crippen LogP contribution in [0, 0.1) is 13.8 Å². The van der Waals surface area contributed by atoms with Crippen molar-refractivity contribution in [1.82, 2.24) is 19.7 Å². The number of carbonyl (C=O) groups is 2.